The second kappa shape index (κ2) is 5.99. The van der Waals surface area contributed by atoms with Crippen molar-refractivity contribution < 1.29 is 14.7 Å². The molecule has 1 aromatic carbocycles. The Kier molecular flexibility index (Phi) is 4.31. The van der Waals surface area contributed by atoms with Crippen LogP contribution in [0, 0.1) is 13.8 Å². The first-order valence-corrected chi connectivity index (χ1v) is 6.96. The average molecular weight is 288 g/mol. The molecule has 112 valence electrons. The standard InChI is InChI=1S/C16H20N2O3/c1-10-11(2)17-14-7-6-12(9-13(10)14)16(21)18(3)8-4-5-15(19)20/h6-7,9,17H,4-5,8H2,1-3H3,(H,19,20). The highest BCUT2D eigenvalue weighted by atomic mass is 16.4. The van der Waals surface area contributed by atoms with Crippen molar-refractivity contribution in [2.75, 3.05) is 13.6 Å². The third-order valence-corrected chi connectivity index (χ3v) is 3.79. The monoisotopic (exact) mass is 288 g/mol. The van der Waals surface area contributed by atoms with Crippen molar-refractivity contribution in [2.24, 2.45) is 0 Å². The summed E-state index contributed by atoms with van der Waals surface area (Å²) >= 11 is 0. The normalized spacial score (nSPS) is 10.8. The minimum absolute atomic E-state index is 0.0762. The van der Waals surface area contributed by atoms with Crippen LogP contribution >= 0.6 is 0 Å². The molecule has 1 heterocycles. The molecule has 0 spiro atoms. The third-order valence-electron chi connectivity index (χ3n) is 3.79. The van der Waals surface area contributed by atoms with Crippen molar-refractivity contribution in [1.82, 2.24) is 9.88 Å². The summed E-state index contributed by atoms with van der Waals surface area (Å²) in [7, 11) is 1.70. The van der Waals surface area contributed by atoms with Gasteiger partial charge in [0.25, 0.3) is 5.91 Å². The first-order chi connectivity index (χ1) is 9.90. The molecule has 21 heavy (non-hydrogen) atoms. The molecule has 2 aromatic rings. The molecule has 0 aliphatic carbocycles. The van der Waals surface area contributed by atoms with Gasteiger partial charge < -0.3 is 15.0 Å². The van der Waals surface area contributed by atoms with E-state index in [4.69, 9.17) is 5.11 Å². The van der Waals surface area contributed by atoms with E-state index < -0.39 is 5.97 Å². The lowest BCUT2D eigenvalue weighted by Gasteiger charge is -2.16. The highest BCUT2D eigenvalue weighted by molar-refractivity contribution is 5.98. The van der Waals surface area contributed by atoms with Crippen LogP contribution in [0.4, 0.5) is 0 Å². The van der Waals surface area contributed by atoms with Gasteiger partial charge in [0.15, 0.2) is 0 Å². The van der Waals surface area contributed by atoms with Crippen molar-refractivity contribution in [3.8, 4) is 0 Å². The average Bonchev–Trinajstić information content (AvgIpc) is 2.72. The van der Waals surface area contributed by atoms with Gasteiger partial charge in [-0.1, -0.05) is 0 Å². The van der Waals surface area contributed by atoms with Crippen LogP contribution in [0.3, 0.4) is 0 Å². The second-order valence-corrected chi connectivity index (χ2v) is 5.36. The molecule has 5 heteroatoms. The van der Waals surface area contributed by atoms with Crippen LogP contribution in [0.15, 0.2) is 18.2 Å². The van der Waals surface area contributed by atoms with E-state index in [1.807, 2.05) is 26.0 Å². The maximum atomic E-state index is 12.4. The number of aromatic nitrogens is 1. The van der Waals surface area contributed by atoms with Gasteiger partial charge >= 0.3 is 5.97 Å². The number of carboxylic acid groups (broad SMARTS) is 1. The van der Waals surface area contributed by atoms with Crippen molar-refractivity contribution >= 4 is 22.8 Å². The van der Waals surface area contributed by atoms with Gasteiger partial charge in [-0.2, -0.15) is 0 Å². The van der Waals surface area contributed by atoms with Crippen LogP contribution in [0.5, 0.6) is 0 Å². The summed E-state index contributed by atoms with van der Waals surface area (Å²) in [6.07, 6.45) is 0.537. The minimum atomic E-state index is -0.837. The molecule has 0 radical (unpaired) electrons. The first-order valence-electron chi connectivity index (χ1n) is 6.96. The Balaban J connectivity index is 2.15. The highest BCUT2D eigenvalue weighted by Crippen LogP contribution is 2.22. The fraction of sp³-hybridized carbons (Fsp3) is 0.375. The molecule has 0 saturated carbocycles. The molecule has 0 aliphatic rings. The number of fused-ring (bicyclic) bond motifs is 1. The number of carboxylic acids is 1. The van der Waals surface area contributed by atoms with E-state index in [0.717, 1.165) is 22.2 Å². The number of carbonyl (C=O) groups is 2. The van der Waals surface area contributed by atoms with E-state index in [1.54, 1.807) is 18.0 Å². The molecule has 1 amide bonds. The van der Waals surface area contributed by atoms with Gasteiger partial charge in [0.2, 0.25) is 0 Å². The largest absolute Gasteiger partial charge is 0.481 e. The maximum absolute atomic E-state index is 12.4. The Bertz CT molecular complexity index is 688. The number of hydrogen-bond acceptors (Lipinski definition) is 2. The summed E-state index contributed by atoms with van der Waals surface area (Å²) in [6.45, 7) is 4.47. The maximum Gasteiger partial charge on any atom is 0.303 e. The van der Waals surface area contributed by atoms with Crippen LogP contribution in [-0.4, -0.2) is 40.5 Å². The van der Waals surface area contributed by atoms with Crippen LogP contribution in [0.1, 0.15) is 34.5 Å². The van der Waals surface area contributed by atoms with Crippen LogP contribution in [0.25, 0.3) is 10.9 Å². The van der Waals surface area contributed by atoms with Crippen molar-refractivity contribution in [1.29, 1.82) is 0 Å². The molecular weight excluding hydrogens is 268 g/mol. The number of H-pyrrole nitrogens is 1. The Morgan fingerprint density at radius 1 is 1.29 bits per heavy atom. The van der Waals surface area contributed by atoms with E-state index >= 15 is 0 Å². The van der Waals surface area contributed by atoms with Gasteiger partial charge in [-0.25, -0.2) is 0 Å². The van der Waals surface area contributed by atoms with Gasteiger partial charge in [0.1, 0.15) is 0 Å². The predicted molar refractivity (Wildman–Crippen MR) is 81.6 cm³/mol. The summed E-state index contributed by atoms with van der Waals surface area (Å²) in [5, 5.41) is 9.68. The SMILES string of the molecule is Cc1[nH]c2ccc(C(=O)N(C)CCCC(=O)O)cc2c1C. The molecule has 0 bridgehead atoms. The lowest BCUT2D eigenvalue weighted by molar-refractivity contribution is -0.137. The van der Waals surface area contributed by atoms with Crippen LogP contribution < -0.4 is 0 Å². The third kappa shape index (κ3) is 3.24. The Morgan fingerprint density at radius 2 is 2.00 bits per heavy atom. The van der Waals surface area contributed by atoms with E-state index in [9.17, 15) is 9.59 Å². The highest BCUT2D eigenvalue weighted by Gasteiger charge is 2.14. The molecular formula is C16H20N2O3. The first kappa shape index (κ1) is 15.1. The topological polar surface area (TPSA) is 73.4 Å². The molecule has 0 saturated heterocycles. The zero-order chi connectivity index (χ0) is 15.6. The molecule has 2 rings (SSSR count). The molecule has 1 aromatic heterocycles. The summed E-state index contributed by atoms with van der Waals surface area (Å²) in [5.74, 6) is -0.920. The zero-order valence-corrected chi connectivity index (χ0v) is 12.6. The van der Waals surface area contributed by atoms with Crippen LogP contribution in [0.2, 0.25) is 0 Å². The van der Waals surface area contributed by atoms with Crippen LogP contribution in [-0.2, 0) is 4.79 Å². The summed E-state index contributed by atoms with van der Waals surface area (Å²) in [4.78, 5) is 27.7. The predicted octanol–water partition coefficient (Wildman–Crippen LogP) is 2.72. The summed E-state index contributed by atoms with van der Waals surface area (Å²) in [6, 6.07) is 5.60. The molecule has 5 nitrogen and oxygen atoms in total. The number of aliphatic carboxylic acids is 1. The lowest BCUT2D eigenvalue weighted by Crippen LogP contribution is -2.28. The minimum Gasteiger partial charge on any atom is -0.481 e. The molecule has 0 fully saturated rings. The fourth-order valence-corrected chi connectivity index (χ4v) is 2.38. The number of nitrogens with zero attached hydrogens (tertiary/aromatic N) is 1. The van der Waals surface area contributed by atoms with Gasteiger partial charge in [0, 0.05) is 42.2 Å². The van der Waals surface area contributed by atoms with Crippen molar-refractivity contribution in [2.45, 2.75) is 26.7 Å². The van der Waals surface area contributed by atoms with Gasteiger partial charge in [-0.15, -0.1) is 0 Å². The molecule has 0 atom stereocenters. The quantitative estimate of drug-likeness (QED) is 0.888. The van der Waals surface area contributed by atoms with E-state index in [-0.39, 0.29) is 12.3 Å². The second-order valence-electron chi connectivity index (χ2n) is 5.36. The summed E-state index contributed by atoms with van der Waals surface area (Å²) in [5.41, 5.74) is 3.90. The fourth-order valence-electron chi connectivity index (χ4n) is 2.38. The number of amides is 1. The number of benzene rings is 1. The Morgan fingerprint density at radius 3 is 2.67 bits per heavy atom. The Labute approximate surface area is 123 Å². The van der Waals surface area contributed by atoms with E-state index in [1.165, 1.54) is 0 Å². The smallest absolute Gasteiger partial charge is 0.303 e. The lowest BCUT2D eigenvalue weighted by atomic mass is 10.1. The number of aromatic amines is 1. The molecule has 0 aliphatic heterocycles. The number of rotatable bonds is 5. The Hall–Kier alpha value is -2.30. The van der Waals surface area contributed by atoms with E-state index in [0.29, 0.717) is 18.5 Å². The number of hydrogen-bond donors (Lipinski definition) is 2. The van der Waals surface area contributed by atoms with E-state index in [2.05, 4.69) is 4.98 Å². The number of carbonyl (C=O) groups excluding carboxylic acids is 1. The van der Waals surface area contributed by atoms with Gasteiger partial charge in [-0.3, -0.25) is 9.59 Å². The van der Waals surface area contributed by atoms with Gasteiger partial charge in [-0.05, 0) is 44.0 Å². The van der Waals surface area contributed by atoms with Crippen molar-refractivity contribution in [3.05, 3.63) is 35.0 Å². The van der Waals surface area contributed by atoms with Gasteiger partial charge in [0.05, 0.1) is 0 Å². The number of aryl methyl sites for hydroxylation is 2. The molecule has 2 N–H and O–H groups in total. The zero-order valence-electron chi connectivity index (χ0n) is 12.6. The molecule has 0 unspecified atom stereocenters. The summed E-state index contributed by atoms with van der Waals surface area (Å²) < 4.78 is 0. The van der Waals surface area contributed by atoms with Crippen molar-refractivity contribution in [3.63, 3.8) is 0 Å². The number of nitrogens with one attached hydrogen (secondary N) is 1.